The number of aryl methyl sites for hydroxylation is 4. The molecule has 2 aliphatic rings. The Morgan fingerprint density at radius 1 is 0.852 bits per heavy atom. The van der Waals surface area contributed by atoms with E-state index in [2.05, 4.69) is 52.5 Å². The lowest BCUT2D eigenvalue weighted by atomic mass is 9.89. The molecule has 0 bridgehead atoms. The van der Waals surface area contributed by atoms with E-state index in [1.54, 1.807) is 0 Å². The summed E-state index contributed by atoms with van der Waals surface area (Å²) in [4.78, 5) is 2.55. The number of fused-ring (bicyclic) bond motifs is 3. The molecule has 2 heterocycles. The lowest BCUT2D eigenvalue weighted by Gasteiger charge is -2.26. The number of aromatic nitrogens is 2. The molecule has 4 rings (SSSR count). The maximum absolute atomic E-state index is 4.67. The first-order chi connectivity index (χ1) is 13.2. The molecular formula is C23H32N4. The Morgan fingerprint density at radius 2 is 1.59 bits per heavy atom. The van der Waals surface area contributed by atoms with Crippen molar-refractivity contribution in [2.24, 2.45) is 0 Å². The van der Waals surface area contributed by atoms with Gasteiger partial charge in [-0.3, -0.25) is 0 Å². The first kappa shape index (κ1) is 18.4. The summed E-state index contributed by atoms with van der Waals surface area (Å²) in [5.74, 6) is 0.928. The van der Waals surface area contributed by atoms with Crippen molar-refractivity contribution in [2.45, 2.75) is 58.8 Å². The quantitative estimate of drug-likeness (QED) is 0.865. The summed E-state index contributed by atoms with van der Waals surface area (Å²) in [6, 6.07) is 6.90. The van der Waals surface area contributed by atoms with Crippen molar-refractivity contribution in [3.63, 3.8) is 0 Å². The van der Waals surface area contributed by atoms with Crippen LogP contribution in [0.1, 0.15) is 54.4 Å². The summed E-state index contributed by atoms with van der Waals surface area (Å²) >= 11 is 0. The third-order valence-corrected chi connectivity index (χ3v) is 6.17. The van der Waals surface area contributed by atoms with Gasteiger partial charge in [0.1, 0.15) is 5.82 Å². The minimum atomic E-state index is 0.928. The minimum Gasteiger partial charge on any atom is -0.367 e. The van der Waals surface area contributed by atoms with E-state index in [0.717, 1.165) is 37.4 Å². The van der Waals surface area contributed by atoms with Crippen molar-refractivity contribution in [2.75, 3.05) is 31.5 Å². The molecule has 27 heavy (non-hydrogen) atoms. The molecule has 4 nitrogen and oxygen atoms in total. The van der Waals surface area contributed by atoms with Gasteiger partial charge in [0.15, 0.2) is 0 Å². The molecule has 0 saturated carbocycles. The zero-order valence-corrected chi connectivity index (χ0v) is 16.9. The molecule has 0 atom stereocenters. The highest BCUT2D eigenvalue weighted by molar-refractivity contribution is 5.69. The minimum absolute atomic E-state index is 0.928. The third-order valence-electron chi connectivity index (χ3n) is 6.17. The Morgan fingerprint density at radius 3 is 2.41 bits per heavy atom. The molecule has 4 heteroatoms. The Bertz CT molecular complexity index is 793. The summed E-state index contributed by atoms with van der Waals surface area (Å²) in [6.45, 7) is 8.93. The number of hydrogen-bond acceptors (Lipinski definition) is 4. The summed E-state index contributed by atoms with van der Waals surface area (Å²) in [7, 11) is 0. The smallest absolute Gasteiger partial charge is 0.149 e. The lowest BCUT2D eigenvalue weighted by molar-refractivity contribution is 0.237. The van der Waals surface area contributed by atoms with E-state index in [4.69, 9.17) is 0 Å². The Hall–Kier alpha value is -1.94. The summed E-state index contributed by atoms with van der Waals surface area (Å²) in [5, 5.41) is 12.7. The van der Waals surface area contributed by atoms with Gasteiger partial charge in [0.05, 0.1) is 5.69 Å². The summed E-state index contributed by atoms with van der Waals surface area (Å²) in [5.41, 5.74) is 7.87. The second-order valence-electron chi connectivity index (χ2n) is 8.23. The molecule has 1 aliphatic heterocycles. The van der Waals surface area contributed by atoms with Crippen molar-refractivity contribution in [1.29, 1.82) is 0 Å². The van der Waals surface area contributed by atoms with Crippen LogP contribution in [-0.2, 0) is 12.8 Å². The molecule has 0 unspecified atom stereocenters. The van der Waals surface area contributed by atoms with Crippen LogP contribution in [-0.4, -0.2) is 41.3 Å². The van der Waals surface area contributed by atoms with Crippen LogP contribution >= 0.6 is 0 Å². The second kappa shape index (κ2) is 8.39. The fraction of sp³-hybridized carbons (Fsp3) is 0.565. The topological polar surface area (TPSA) is 41.1 Å². The number of benzene rings is 1. The molecular weight excluding hydrogens is 332 g/mol. The van der Waals surface area contributed by atoms with Gasteiger partial charge < -0.3 is 10.2 Å². The van der Waals surface area contributed by atoms with Gasteiger partial charge in [0, 0.05) is 18.7 Å². The van der Waals surface area contributed by atoms with E-state index in [1.807, 2.05) is 0 Å². The largest absolute Gasteiger partial charge is 0.367 e. The second-order valence-corrected chi connectivity index (χ2v) is 8.23. The Balaban J connectivity index is 1.52. The molecule has 0 spiro atoms. The van der Waals surface area contributed by atoms with Gasteiger partial charge in [-0.1, -0.05) is 12.5 Å². The van der Waals surface area contributed by atoms with E-state index in [-0.39, 0.29) is 0 Å². The molecule has 2 aromatic rings. The average Bonchev–Trinajstić information content (AvgIpc) is 2.67. The van der Waals surface area contributed by atoms with Crippen LogP contribution in [0.15, 0.2) is 18.2 Å². The molecule has 1 aliphatic carbocycles. The maximum Gasteiger partial charge on any atom is 0.149 e. The lowest BCUT2D eigenvalue weighted by Crippen LogP contribution is -2.33. The van der Waals surface area contributed by atoms with Gasteiger partial charge >= 0.3 is 0 Å². The average molecular weight is 365 g/mol. The van der Waals surface area contributed by atoms with Crippen LogP contribution in [0, 0.1) is 13.8 Å². The summed E-state index contributed by atoms with van der Waals surface area (Å²) in [6.07, 6.45) is 8.79. The monoisotopic (exact) mass is 364 g/mol. The molecule has 0 radical (unpaired) electrons. The number of nitrogens with zero attached hydrogens (tertiary/aromatic N) is 3. The van der Waals surface area contributed by atoms with E-state index in [0.29, 0.717) is 0 Å². The van der Waals surface area contributed by atoms with Gasteiger partial charge in [-0.15, -0.1) is 10.2 Å². The molecule has 1 N–H and O–H groups in total. The van der Waals surface area contributed by atoms with Crippen LogP contribution in [0.25, 0.3) is 11.3 Å². The predicted molar refractivity (Wildman–Crippen MR) is 112 cm³/mol. The first-order valence-electron chi connectivity index (χ1n) is 10.6. The number of nitrogens with one attached hydrogen (secondary N) is 1. The molecule has 144 valence electrons. The summed E-state index contributed by atoms with van der Waals surface area (Å²) < 4.78 is 0. The van der Waals surface area contributed by atoms with E-state index in [1.165, 1.54) is 73.0 Å². The maximum atomic E-state index is 4.67. The van der Waals surface area contributed by atoms with Crippen molar-refractivity contribution >= 4 is 5.82 Å². The number of likely N-dealkylation sites (tertiary alicyclic amines) is 1. The predicted octanol–water partition coefficient (Wildman–Crippen LogP) is 4.54. The molecule has 1 fully saturated rings. The highest BCUT2D eigenvalue weighted by atomic mass is 15.2. The van der Waals surface area contributed by atoms with Crippen LogP contribution in [0.4, 0.5) is 5.82 Å². The van der Waals surface area contributed by atoms with Gasteiger partial charge in [0.2, 0.25) is 0 Å². The standard InChI is InChI=1S/C23H32N4/c1-17-14-19-8-4-5-9-20-16-22(24-10-13-27-11-6-3-7-12-27)25-26-23(20)21(19)15-18(17)2/h14-16H,3-13H2,1-2H3,(H,24,25). The first-order valence-corrected chi connectivity index (χ1v) is 10.6. The molecule has 0 amide bonds. The van der Waals surface area contributed by atoms with Crippen molar-refractivity contribution in [3.8, 4) is 11.3 Å². The van der Waals surface area contributed by atoms with Crippen LogP contribution < -0.4 is 5.32 Å². The zero-order valence-electron chi connectivity index (χ0n) is 16.9. The number of anilines is 1. The Labute approximate surface area is 163 Å². The van der Waals surface area contributed by atoms with Crippen molar-refractivity contribution in [1.82, 2.24) is 15.1 Å². The van der Waals surface area contributed by atoms with Crippen molar-refractivity contribution < 1.29 is 0 Å². The highest BCUT2D eigenvalue weighted by Crippen LogP contribution is 2.32. The van der Waals surface area contributed by atoms with Crippen LogP contribution in [0.3, 0.4) is 0 Å². The van der Waals surface area contributed by atoms with E-state index < -0.39 is 0 Å². The normalized spacial score (nSPS) is 17.6. The van der Waals surface area contributed by atoms with Gasteiger partial charge in [0.25, 0.3) is 0 Å². The van der Waals surface area contributed by atoms with Gasteiger partial charge in [-0.05, 0) is 99.8 Å². The highest BCUT2D eigenvalue weighted by Gasteiger charge is 2.17. The Kier molecular flexibility index (Phi) is 5.72. The van der Waals surface area contributed by atoms with Crippen molar-refractivity contribution in [3.05, 3.63) is 40.5 Å². The fourth-order valence-corrected chi connectivity index (χ4v) is 4.39. The number of rotatable bonds is 4. The van der Waals surface area contributed by atoms with E-state index in [9.17, 15) is 0 Å². The van der Waals surface area contributed by atoms with Crippen LogP contribution in [0.5, 0.6) is 0 Å². The molecule has 1 aromatic heterocycles. The van der Waals surface area contributed by atoms with Gasteiger partial charge in [-0.2, -0.15) is 0 Å². The van der Waals surface area contributed by atoms with Crippen LogP contribution in [0.2, 0.25) is 0 Å². The van der Waals surface area contributed by atoms with E-state index >= 15 is 0 Å². The third kappa shape index (κ3) is 4.32. The number of piperidine rings is 1. The fourth-order valence-electron chi connectivity index (χ4n) is 4.39. The SMILES string of the molecule is Cc1cc2c(cc1C)-c1nnc(NCCN3CCCCC3)cc1CCCC2. The molecule has 1 saturated heterocycles. The molecule has 1 aromatic carbocycles. The zero-order chi connectivity index (χ0) is 18.6. The van der Waals surface area contributed by atoms with Gasteiger partial charge in [-0.25, -0.2) is 0 Å². The number of hydrogen-bond donors (Lipinski definition) is 1.